The van der Waals surface area contributed by atoms with Crippen molar-refractivity contribution in [2.75, 3.05) is 11.1 Å². The number of nitrogens with two attached hydrogens (primary N) is 1. The molecule has 1 heterocycles. The molecule has 82 valence electrons. The molecule has 15 heavy (non-hydrogen) atoms. The molecule has 0 saturated heterocycles. The van der Waals surface area contributed by atoms with E-state index in [1.165, 1.54) is 12.8 Å². The zero-order valence-electron chi connectivity index (χ0n) is 8.57. The molecule has 2 atom stereocenters. The summed E-state index contributed by atoms with van der Waals surface area (Å²) in [5.41, 5.74) is 5.54. The molecule has 1 aromatic heterocycles. The Bertz CT molecular complexity index is 356. The van der Waals surface area contributed by atoms with Gasteiger partial charge in [-0.05, 0) is 12.3 Å². The summed E-state index contributed by atoms with van der Waals surface area (Å²) in [7, 11) is 0. The first-order valence-electron chi connectivity index (χ1n) is 5.05. The number of aromatic nitrogens is 3. The number of hydrogen-bond acceptors (Lipinski definition) is 5. The topological polar surface area (TPSA) is 76.7 Å². The van der Waals surface area contributed by atoms with Crippen LogP contribution in [0.2, 0.25) is 0 Å². The Morgan fingerprint density at radius 1 is 1.47 bits per heavy atom. The van der Waals surface area contributed by atoms with Gasteiger partial charge in [0.25, 0.3) is 0 Å². The number of nitrogens with one attached hydrogen (secondary N) is 1. The Morgan fingerprint density at radius 3 is 2.87 bits per heavy atom. The highest BCUT2D eigenvalue weighted by molar-refractivity contribution is 6.16. The third kappa shape index (κ3) is 2.47. The second-order valence-electron chi connectivity index (χ2n) is 3.72. The summed E-state index contributed by atoms with van der Waals surface area (Å²) in [6, 6.07) is 0.486. The molecular formula is C9H14ClN5. The van der Waals surface area contributed by atoms with Crippen molar-refractivity contribution in [3.8, 4) is 0 Å². The van der Waals surface area contributed by atoms with E-state index in [1.54, 1.807) is 0 Å². The van der Waals surface area contributed by atoms with Crippen LogP contribution in [0.15, 0.2) is 0 Å². The quantitative estimate of drug-likeness (QED) is 0.761. The molecule has 0 radical (unpaired) electrons. The minimum absolute atomic E-state index is 0.219. The molecule has 0 spiro atoms. The molecule has 0 aromatic carbocycles. The van der Waals surface area contributed by atoms with Gasteiger partial charge in [-0.3, -0.25) is 0 Å². The van der Waals surface area contributed by atoms with Gasteiger partial charge in [-0.1, -0.05) is 13.3 Å². The van der Waals surface area contributed by atoms with Crippen LogP contribution in [-0.2, 0) is 5.88 Å². The van der Waals surface area contributed by atoms with E-state index in [1.807, 2.05) is 0 Å². The number of hydrogen-bond donors (Lipinski definition) is 2. The maximum absolute atomic E-state index is 5.64. The number of nitrogens with zero attached hydrogens (tertiary/aromatic N) is 3. The Labute approximate surface area is 93.5 Å². The lowest BCUT2D eigenvalue weighted by molar-refractivity contribution is 0.770. The molecular weight excluding hydrogens is 214 g/mol. The predicted molar refractivity (Wildman–Crippen MR) is 59.6 cm³/mol. The largest absolute Gasteiger partial charge is 0.368 e. The van der Waals surface area contributed by atoms with Gasteiger partial charge in [0.15, 0.2) is 5.82 Å². The molecule has 0 aliphatic heterocycles. The van der Waals surface area contributed by atoms with E-state index in [-0.39, 0.29) is 11.8 Å². The lowest BCUT2D eigenvalue weighted by atomic mass is 10.3. The summed E-state index contributed by atoms with van der Waals surface area (Å²) in [5.74, 6) is 2.27. The number of halogens is 1. The lowest BCUT2D eigenvalue weighted by Gasteiger charge is -2.05. The van der Waals surface area contributed by atoms with Crippen LogP contribution in [0.5, 0.6) is 0 Å². The van der Waals surface area contributed by atoms with E-state index in [4.69, 9.17) is 17.3 Å². The van der Waals surface area contributed by atoms with Crippen LogP contribution < -0.4 is 11.1 Å². The van der Waals surface area contributed by atoms with Crippen molar-refractivity contribution in [2.45, 2.75) is 31.7 Å². The highest BCUT2D eigenvalue weighted by Crippen LogP contribution is 2.35. The van der Waals surface area contributed by atoms with E-state index in [0.29, 0.717) is 17.8 Å². The molecule has 6 heteroatoms. The number of rotatable bonds is 4. The van der Waals surface area contributed by atoms with Crippen molar-refractivity contribution in [1.82, 2.24) is 15.0 Å². The first-order chi connectivity index (χ1) is 7.22. The smallest absolute Gasteiger partial charge is 0.228 e. The van der Waals surface area contributed by atoms with Gasteiger partial charge >= 0.3 is 0 Å². The van der Waals surface area contributed by atoms with E-state index >= 15 is 0 Å². The maximum Gasteiger partial charge on any atom is 0.228 e. The number of nitrogen functional groups attached to an aromatic ring is 1. The van der Waals surface area contributed by atoms with E-state index in [9.17, 15) is 0 Å². The average Bonchev–Trinajstić information content (AvgIpc) is 2.95. The normalized spacial score (nSPS) is 23.9. The van der Waals surface area contributed by atoms with E-state index in [0.717, 1.165) is 5.92 Å². The van der Waals surface area contributed by atoms with Gasteiger partial charge in [-0.15, -0.1) is 11.6 Å². The molecule has 2 unspecified atom stereocenters. The zero-order chi connectivity index (χ0) is 10.8. The molecule has 1 aromatic rings. The lowest BCUT2D eigenvalue weighted by Crippen LogP contribution is -2.11. The van der Waals surface area contributed by atoms with Gasteiger partial charge in [0.05, 0.1) is 5.88 Å². The fourth-order valence-corrected chi connectivity index (χ4v) is 1.72. The molecule has 0 amide bonds. The molecule has 1 aliphatic rings. The van der Waals surface area contributed by atoms with Gasteiger partial charge in [0, 0.05) is 6.04 Å². The van der Waals surface area contributed by atoms with Crippen LogP contribution >= 0.6 is 11.6 Å². The Balaban J connectivity index is 2.05. The SMILES string of the molecule is CCC1CC1Nc1nc(N)nc(CCl)n1. The van der Waals surface area contributed by atoms with Crippen LogP contribution in [0, 0.1) is 5.92 Å². The van der Waals surface area contributed by atoms with Crippen molar-refractivity contribution >= 4 is 23.5 Å². The van der Waals surface area contributed by atoms with Crippen LogP contribution in [0.3, 0.4) is 0 Å². The van der Waals surface area contributed by atoms with Crippen LogP contribution in [0.4, 0.5) is 11.9 Å². The minimum atomic E-state index is 0.219. The van der Waals surface area contributed by atoms with Crippen LogP contribution in [-0.4, -0.2) is 21.0 Å². The van der Waals surface area contributed by atoms with E-state index in [2.05, 4.69) is 27.2 Å². The van der Waals surface area contributed by atoms with Gasteiger partial charge in [-0.2, -0.15) is 15.0 Å². The van der Waals surface area contributed by atoms with Crippen LogP contribution in [0.1, 0.15) is 25.6 Å². The van der Waals surface area contributed by atoms with E-state index < -0.39 is 0 Å². The van der Waals surface area contributed by atoms with Crippen LogP contribution in [0.25, 0.3) is 0 Å². The van der Waals surface area contributed by atoms with Crippen molar-refractivity contribution in [1.29, 1.82) is 0 Å². The number of anilines is 2. The second-order valence-corrected chi connectivity index (χ2v) is 3.99. The molecule has 2 rings (SSSR count). The highest BCUT2D eigenvalue weighted by Gasteiger charge is 2.35. The molecule has 1 fully saturated rings. The predicted octanol–water partition coefficient (Wildman–Crippen LogP) is 1.40. The van der Waals surface area contributed by atoms with Crippen molar-refractivity contribution in [3.63, 3.8) is 0 Å². The summed E-state index contributed by atoms with van der Waals surface area (Å²) in [5, 5.41) is 3.23. The average molecular weight is 228 g/mol. The fraction of sp³-hybridized carbons (Fsp3) is 0.667. The zero-order valence-corrected chi connectivity index (χ0v) is 9.33. The highest BCUT2D eigenvalue weighted by atomic mass is 35.5. The first-order valence-corrected chi connectivity index (χ1v) is 5.59. The van der Waals surface area contributed by atoms with Gasteiger partial charge in [0.2, 0.25) is 11.9 Å². The molecule has 1 saturated carbocycles. The van der Waals surface area contributed by atoms with Crippen molar-refractivity contribution < 1.29 is 0 Å². The minimum Gasteiger partial charge on any atom is -0.368 e. The summed E-state index contributed by atoms with van der Waals surface area (Å²) in [6.07, 6.45) is 2.36. The third-order valence-corrected chi connectivity index (χ3v) is 2.82. The summed E-state index contributed by atoms with van der Waals surface area (Å²) >= 11 is 5.64. The monoisotopic (exact) mass is 227 g/mol. The Hall–Kier alpha value is -1.10. The summed E-state index contributed by atoms with van der Waals surface area (Å²) < 4.78 is 0. The standard InChI is InChI=1S/C9H14ClN5/c1-2-5-3-6(5)12-9-14-7(4-10)13-8(11)15-9/h5-6H,2-4H2,1H3,(H3,11,12,13,14,15). The van der Waals surface area contributed by atoms with Gasteiger partial charge in [-0.25, -0.2) is 0 Å². The summed E-state index contributed by atoms with van der Waals surface area (Å²) in [6.45, 7) is 2.18. The molecule has 5 nitrogen and oxygen atoms in total. The third-order valence-electron chi connectivity index (χ3n) is 2.58. The molecule has 0 bridgehead atoms. The van der Waals surface area contributed by atoms with Gasteiger partial charge in [0.1, 0.15) is 0 Å². The van der Waals surface area contributed by atoms with Gasteiger partial charge < -0.3 is 11.1 Å². The fourth-order valence-electron chi connectivity index (χ4n) is 1.60. The second kappa shape index (κ2) is 4.18. The van der Waals surface area contributed by atoms with Crippen molar-refractivity contribution in [2.24, 2.45) is 5.92 Å². The van der Waals surface area contributed by atoms with Crippen molar-refractivity contribution in [3.05, 3.63) is 5.82 Å². The maximum atomic E-state index is 5.64. The summed E-state index contributed by atoms with van der Waals surface area (Å²) in [4.78, 5) is 12.1. The number of alkyl halides is 1. The molecule has 1 aliphatic carbocycles. The molecule has 3 N–H and O–H groups in total. The Morgan fingerprint density at radius 2 is 2.27 bits per heavy atom. The Kier molecular flexibility index (Phi) is 2.90. The first kappa shape index (κ1) is 10.4.